The standard InChI is InChI=1S/C17H20N4O4/c1-2-3-11-4-6-13(7-5-11)20-9-12(8-15(20)23)16(24)19-21-10-14(22)18-17(21)25/h4-7,12H,2-3,8-10H2,1H3,(H,19,24)(H,18,22,25). The second kappa shape index (κ2) is 6.92. The van der Waals surface area contributed by atoms with Gasteiger partial charge in [-0.25, -0.2) is 9.80 Å². The highest BCUT2D eigenvalue weighted by Crippen LogP contribution is 2.26. The van der Waals surface area contributed by atoms with Crippen molar-refractivity contribution in [2.24, 2.45) is 5.92 Å². The van der Waals surface area contributed by atoms with Crippen molar-refractivity contribution in [1.82, 2.24) is 15.8 Å². The van der Waals surface area contributed by atoms with Gasteiger partial charge in [-0.1, -0.05) is 25.5 Å². The minimum atomic E-state index is -0.661. The van der Waals surface area contributed by atoms with Crippen LogP contribution in [0.15, 0.2) is 24.3 Å². The number of carbonyl (C=O) groups is 4. The van der Waals surface area contributed by atoms with Gasteiger partial charge in [-0.15, -0.1) is 0 Å². The highest BCUT2D eigenvalue weighted by molar-refractivity contribution is 6.04. The van der Waals surface area contributed by atoms with Crippen LogP contribution in [0, 0.1) is 5.92 Å². The molecule has 2 saturated heterocycles. The molecule has 1 atom stereocenters. The molecule has 2 aliphatic rings. The van der Waals surface area contributed by atoms with E-state index >= 15 is 0 Å². The topological polar surface area (TPSA) is 98.8 Å². The summed E-state index contributed by atoms with van der Waals surface area (Å²) in [6.45, 7) is 2.14. The number of nitrogens with one attached hydrogen (secondary N) is 2. The van der Waals surface area contributed by atoms with E-state index in [9.17, 15) is 19.2 Å². The van der Waals surface area contributed by atoms with Gasteiger partial charge in [-0.2, -0.15) is 0 Å². The number of hydrazine groups is 1. The molecule has 3 rings (SSSR count). The summed E-state index contributed by atoms with van der Waals surface area (Å²) in [7, 11) is 0. The molecular formula is C17H20N4O4. The first-order valence-electron chi connectivity index (χ1n) is 8.29. The number of imide groups is 1. The van der Waals surface area contributed by atoms with E-state index in [0.717, 1.165) is 23.5 Å². The lowest BCUT2D eigenvalue weighted by Gasteiger charge is -2.19. The number of anilines is 1. The molecule has 0 bridgehead atoms. The molecule has 5 amide bonds. The van der Waals surface area contributed by atoms with Crippen LogP contribution in [0.5, 0.6) is 0 Å². The van der Waals surface area contributed by atoms with Crippen LogP contribution in [-0.2, 0) is 20.8 Å². The molecule has 1 unspecified atom stereocenters. The molecule has 0 spiro atoms. The van der Waals surface area contributed by atoms with Crippen molar-refractivity contribution >= 4 is 29.4 Å². The van der Waals surface area contributed by atoms with E-state index in [1.807, 2.05) is 24.3 Å². The van der Waals surface area contributed by atoms with Crippen LogP contribution in [0.3, 0.4) is 0 Å². The Hall–Kier alpha value is -2.90. The van der Waals surface area contributed by atoms with E-state index in [2.05, 4.69) is 17.7 Å². The number of rotatable bonds is 5. The zero-order chi connectivity index (χ0) is 18.0. The molecule has 0 radical (unpaired) electrons. The molecule has 2 heterocycles. The predicted molar refractivity (Wildman–Crippen MR) is 89.3 cm³/mol. The van der Waals surface area contributed by atoms with Crippen molar-refractivity contribution in [2.75, 3.05) is 18.0 Å². The van der Waals surface area contributed by atoms with Crippen molar-refractivity contribution in [3.63, 3.8) is 0 Å². The summed E-state index contributed by atoms with van der Waals surface area (Å²) < 4.78 is 0. The lowest BCUT2D eigenvalue weighted by molar-refractivity contribution is -0.129. The number of aryl methyl sites for hydroxylation is 1. The molecule has 8 nitrogen and oxygen atoms in total. The van der Waals surface area contributed by atoms with E-state index in [0.29, 0.717) is 0 Å². The quantitative estimate of drug-likeness (QED) is 0.763. The number of hydrogen-bond donors (Lipinski definition) is 2. The largest absolute Gasteiger partial charge is 0.343 e. The van der Waals surface area contributed by atoms with Gasteiger partial charge in [0.25, 0.3) is 0 Å². The molecule has 25 heavy (non-hydrogen) atoms. The number of carbonyl (C=O) groups excluding carboxylic acids is 4. The summed E-state index contributed by atoms with van der Waals surface area (Å²) in [6, 6.07) is 7.08. The van der Waals surface area contributed by atoms with Crippen LogP contribution >= 0.6 is 0 Å². The lowest BCUT2D eigenvalue weighted by Crippen LogP contribution is -2.47. The van der Waals surface area contributed by atoms with Crippen molar-refractivity contribution in [1.29, 1.82) is 0 Å². The highest BCUT2D eigenvalue weighted by Gasteiger charge is 2.37. The second-order valence-electron chi connectivity index (χ2n) is 6.24. The molecule has 2 aliphatic heterocycles. The van der Waals surface area contributed by atoms with Gasteiger partial charge in [0.15, 0.2) is 0 Å². The first-order chi connectivity index (χ1) is 12.0. The predicted octanol–water partition coefficient (Wildman–Crippen LogP) is 0.575. The monoisotopic (exact) mass is 344 g/mol. The Bertz CT molecular complexity index is 716. The third-order valence-corrected chi connectivity index (χ3v) is 4.32. The van der Waals surface area contributed by atoms with Gasteiger partial charge >= 0.3 is 6.03 Å². The van der Waals surface area contributed by atoms with Gasteiger partial charge in [-0.3, -0.25) is 25.1 Å². The Balaban J connectivity index is 1.62. The van der Waals surface area contributed by atoms with Crippen LogP contribution in [-0.4, -0.2) is 41.9 Å². The molecule has 0 aliphatic carbocycles. The van der Waals surface area contributed by atoms with Gasteiger partial charge in [0, 0.05) is 18.7 Å². The molecule has 132 valence electrons. The van der Waals surface area contributed by atoms with E-state index in [4.69, 9.17) is 0 Å². The van der Waals surface area contributed by atoms with Gasteiger partial charge < -0.3 is 4.90 Å². The smallest absolute Gasteiger partial charge is 0.312 e. The molecule has 8 heteroatoms. The van der Waals surface area contributed by atoms with E-state index in [1.54, 1.807) is 4.90 Å². The summed E-state index contributed by atoms with van der Waals surface area (Å²) in [5.41, 5.74) is 4.37. The van der Waals surface area contributed by atoms with Gasteiger partial charge in [-0.05, 0) is 24.1 Å². The Morgan fingerprint density at radius 3 is 2.56 bits per heavy atom. The van der Waals surface area contributed by atoms with Gasteiger partial charge in [0.2, 0.25) is 17.7 Å². The molecule has 0 saturated carbocycles. The zero-order valence-electron chi connectivity index (χ0n) is 13.9. The number of hydrogen-bond acceptors (Lipinski definition) is 4. The molecule has 2 N–H and O–H groups in total. The average Bonchev–Trinajstić information content (AvgIpc) is 3.11. The Kier molecular flexibility index (Phi) is 4.69. The maximum Gasteiger partial charge on any atom is 0.343 e. The fourth-order valence-electron chi connectivity index (χ4n) is 3.02. The Morgan fingerprint density at radius 2 is 1.96 bits per heavy atom. The van der Waals surface area contributed by atoms with Crippen LogP contribution < -0.4 is 15.6 Å². The van der Waals surface area contributed by atoms with E-state index in [1.165, 1.54) is 5.56 Å². The van der Waals surface area contributed by atoms with Crippen molar-refractivity contribution < 1.29 is 19.2 Å². The lowest BCUT2D eigenvalue weighted by atomic mass is 10.1. The SMILES string of the molecule is CCCc1ccc(N2CC(C(=O)NN3CC(=O)NC3=O)CC2=O)cc1. The summed E-state index contributed by atoms with van der Waals surface area (Å²) in [6.07, 6.45) is 2.11. The summed E-state index contributed by atoms with van der Waals surface area (Å²) >= 11 is 0. The maximum atomic E-state index is 12.3. The van der Waals surface area contributed by atoms with Gasteiger partial charge in [0.05, 0.1) is 5.92 Å². The number of urea groups is 1. The van der Waals surface area contributed by atoms with Crippen LogP contribution in [0.2, 0.25) is 0 Å². The fraction of sp³-hybridized carbons (Fsp3) is 0.412. The van der Waals surface area contributed by atoms with Crippen LogP contribution in [0.4, 0.5) is 10.5 Å². The summed E-state index contributed by atoms with van der Waals surface area (Å²) in [5, 5.41) is 3.01. The molecule has 2 fully saturated rings. The summed E-state index contributed by atoms with van der Waals surface area (Å²) in [4.78, 5) is 48.7. The minimum Gasteiger partial charge on any atom is -0.312 e. The maximum absolute atomic E-state index is 12.3. The normalized spacial score (nSPS) is 20.2. The number of benzene rings is 1. The third kappa shape index (κ3) is 3.62. The minimum absolute atomic E-state index is 0.0753. The highest BCUT2D eigenvalue weighted by atomic mass is 16.2. The summed E-state index contributed by atoms with van der Waals surface area (Å²) in [5.74, 6) is -1.61. The Morgan fingerprint density at radius 1 is 1.24 bits per heavy atom. The fourth-order valence-corrected chi connectivity index (χ4v) is 3.02. The van der Waals surface area contributed by atoms with Crippen molar-refractivity contribution in [3.05, 3.63) is 29.8 Å². The average molecular weight is 344 g/mol. The molecular weight excluding hydrogens is 324 g/mol. The van der Waals surface area contributed by atoms with Crippen molar-refractivity contribution in [2.45, 2.75) is 26.2 Å². The zero-order valence-corrected chi connectivity index (χ0v) is 13.9. The first-order valence-corrected chi connectivity index (χ1v) is 8.29. The van der Waals surface area contributed by atoms with Crippen LogP contribution in [0.25, 0.3) is 0 Å². The molecule has 1 aromatic rings. The molecule has 1 aromatic carbocycles. The van der Waals surface area contributed by atoms with E-state index in [-0.39, 0.29) is 25.4 Å². The number of nitrogens with zero attached hydrogens (tertiary/aromatic N) is 2. The van der Waals surface area contributed by atoms with Crippen LogP contribution in [0.1, 0.15) is 25.3 Å². The van der Waals surface area contributed by atoms with Gasteiger partial charge in [0.1, 0.15) is 6.54 Å². The number of amides is 5. The Labute approximate surface area is 145 Å². The first kappa shape index (κ1) is 16.9. The van der Waals surface area contributed by atoms with Crippen molar-refractivity contribution in [3.8, 4) is 0 Å². The second-order valence-corrected chi connectivity index (χ2v) is 6.24. The van der Waals surface area contributed by atoms with E-state index < -0.39 is 23.8 Å². The molecule has 0 aromatic heterocycles. The third-order valence-electron chi connectivity index (χ3n) is 4.32.